The molecule has 29 heavy (non-hydrogen) atoms. The van der Waals surface area contributed by atoms with Gasteiger partial charge >= 0.3 is 0 Å². The minimum absolute atomic E-state index is 0.117. The Bertz CT molecular complexity index is 1180. The highest BCUT2D eigenvalue weighted by Crippen LogP contribution is 2.31. The van der Waals surface area contributed by atoms with Crippen molar-refractivity contribution in [3.63, 3.8) is 0 Å². The Kier molecular flexibility index (Phi) is 4.82. The number of allylic oxidation sites excluding steroid dienone is 4. The minimum atomic E-state index is -0.177. The van der Waals surface area contributed by atoms with Crippen LogP contribution in [0.2, 0.25) is 0 Å². The molecule has 3 heterocycles. The summed E-state index contributed by atoms with van der Waals surface area (Å²) in [7, 11) is 1.71. The van der Waals surface area contributed by atoms with Crippen molar-refractivity contribution in [3.05, 3.63) is 57.7 Å². The Morgan fingerprint density at radius 3 is 2.66 bits per heavy atom. The highest BCUT2D eigenvalue weighted by molar-refractivity contribution is 5.77. The maximum Gasteiger partial charge on any atom is 0.295 e. The van der Waals surface area contributed by atoms with E-state index in [0.717, 1.165) is 28.9 Å². The molecule has 1 aliphatic rings. The van der Waals surface area contributed by atoms with Gasteiger partial charge in [-0.05, 0) is 43.9 Å². The van der Waals surface area contributed by atoms with E-state index in [1.165, 1.54) is 0 Å². The number of aryl methyl sites for hydroxylation is 2. The molecule has 1 unspecified atom stereocenters. The average molecular weight is 391 g/mol. The second-order valence-corrected chi connectivity index (χ2v) is 7.43. The standard InChI is InChI=1S/C22H25N5O2/c1-6-18(15-8-7-12(2)11-15)27-21-17(24-20(23-5)22(27)28)10-9-16(25-21)19-13(3)26-29-14(19)4/h7-12,18H,6H2,1-5H3,(H,23,24)/t12?,18-/m0/s1. The van der Waals surface area contributed by atoms with Crippen molar-refractivity contribution in [3.8, 4) is 11.3 Å². The molecule has 1 N–H and O–H groups in total. The highest BCUT2D eigenvalue weighted by atomic mass is 16.5. The van der Waals surface area contributed by atoms with Crippen LogP contribution in [-0.2, 0) is 0 Å². The minimum Gasteiger partial charge on any atom is -0.369 e. The van der Waals surface area contributed by atoms with E-state index in [1.807, 2.05) is 26.0 Å². The number of rotatable bonds is 5. The Hall–Kier alpha value is -3.22. The molecule has 0 aromatic carbocycles. The van der Waals surface area contributed by atoms with E-state index in [-0.39, 0.29) is 11.6 Å². The van der Waals surface area contributed by atoms with Crippen LogP contribution < -0.4 is 10.9 Å². The van der Waals surface area contributed by atoms with Crippen molar-refractivity contribution in [2.75, 3.05) is 12.4 Å². The van der Waals surface area contributed by atoms with Crippen LogP contribution in [0.3, 0.4) is 0 Å². The molecular weight excluding hydrogens is 366 g/mol. The lowest BCUT2D eigenvalue weighted by Gasteiger charge is -2.21. The molecule has 7 nitrogen and oxygen atoms in total. The van der Waals surface area contributed by atoms with E-state index < -0.39 is 0 Å². The Labute approximate surface area is 169 Å². The van der Waals surface area contributed by atoms with Crippen LogP contribution in [0.1, 0.15) is 37.8 Å². The summed E-state index contributed by atoms with van der Waals surface area (Å²) in [5.41, 5.74) is 4.52. The number of aromatic nitrogens is 4. The lowest BCUT2D eigenvalue weighted by atomic mass is 10.0. The number of nitrogens with zero attached hydrogens (tertiary/aromatic N) is 4. The lowest BCUT2D eigenvalue weighted by molar-refractivity contribution is 0.393. The number of hydrogen-bond donors (Lipinski definition) is 1. The average Bonchev–Trinajstić information content (AvgIpc) is 3.28. The maximum absolute atomic E-state index is 13.3. The quantitative estimate of drug-likeness (QED) is 0.702. The van der Waals surface area contributed by atoms with Crippen LogP contribution in [0.4, 0.5) is 5.82 Å². The number of anilines is 1. The number of fused-ring (bicyclic) bond motifs is 1. The summed E-state index contributed by atoms with van der Waals surface area (Å²) >= 11 is 0. The van der Waals surface area contributed by atoms with Gasteiger partial charge in [-0.1, -0.05) is 37.2 Å². The summed E-state index contributed by atoms with van der Waals surface area (Å²) in [4.78, 5) is 22.7. The monoisotopic (exact) mass is 391 g/mol. The Morgan fingerprint density at radius 2 is 2.07 bits per heavy atom. The van der Waals surface area contributed by atoms with Crippen LogP contribution in [0.15, 0.2) is 45.3 Å². The van der Waals surface area contributed by atoms with Crippen molar-refractivity contribution in [1.29, 1.82) is 0 Å². The van der Waals surface area contributed by atoms with Crippen molar-refractivity contribution in [2.45, 2.75) is 40.2 Å². The van der Waals surface area contributed by atoms with Crippen LogP contribution in [-0.4, -0.2) is 26.7 Å². The zero-order valence-corrected chi connectivity index (χ0v) is 17.4. The molecule has 0 saturated carbocycles. The predicted octanol–water partition coefficient (Wildman–Crippen LogP) is 4.19. The first-order valence-electron chi connectivity index (χ1n) is 9.88. The van der Waals surface area contributed by atoms with Crippen molar-refractivity contribution in [2.24, 2.45) is 5.92 Å². The molecule has 0 bridgehead atoms. The van der Waals surface area contributed by atoms with E-state index in [4.69, 9.17) is 9.51 Å². The molecular formula is C22H25N5O2. The van der Waals surface area contributed by atoms with Crippen LogP contribution in [0.5, 0.6) is 0 Å². The van der Waals surface area contributed by atoms with Gasteiger partial charge in [0.2, 0.25) is 0 Å². The van der Waals surface area contributed by atoms with Gasteiger partial charge in [-0.2, -0.15) is 0 Å². The molecule has 0 aliphatic heterocycles. The molecule has 7 heteroatoms. The van der Waals surface area contributed by atoms with E-state index in [1.54, 1.807) is 11.6 Å². The molecule has 150 valence electrons. The summed E-state index contributed by atoms with van der Waals surface area (Å²) in [5, 5.41) is 6.97. The summed E-state index contributed by atoms with van der Waals surface area (Å²) in [6.45, 7) is 7.97. The van der Waals surface area contributed by atoms with Gasteiger partial charge < -0.3 is 9.84 Å². The molecule has 3 aromatic rings. The molecule has 1 aliphatic carbocycles. The fourth-order valence-electron chi connectivity index (χ4n) is 3.99. The normalized spacial score (nSPS) is 17.0. The van der Waals surface area contributed by atoms with Gasteiger partial charge in [-0.25, -0.2) is 9.97 Å². The molecule has 3 aromatic heterocycles. The molecule has 0 fully saturated rings. The van der Waals surface area contributed by atoms with Crippen molar-refractivity contribution >= 4 is 17.0 Å². The zero-order valence-electron chi connectivity index (χ0n) is 17.4. The molecule has 0 saturated heterocycles. The summed E-state index contributed by atoms with van der Waals surface area (Å²) in [5.74, 6) is 1.38. The van der Waals surface area contributed by atoms with Crippen LogP contribution in [0, 0.1) is 19.8 Å². The number of hydrogen-bond acceptors (Lipinski definition) is 6. The first-order valence-corrected chi connectivity index (χ1v) is 9.88. The molecule has 0 amide bonds. The van der Waals surface area contributed by atoms with E-state index in [2.05, 4.69) is 47.5 Å². The first-order chi connectivity index (χ1) is 13.9. The van der Waals surface area contributed by atoms with E-state index in [0.29, 0.717) is 28.7 Å². The highest BCUT2D eigenvalue weighted by Gasteiger charge is 2.23. The maximum atomic E-state index is 13.3. The third-order valence-corrected chi connectivity index (χ3v) is 5.39. The molecule has 0 radical (unpaired) electrons. The zero-order chi connectivity index (χ0) is 20.7. The SMILES string of the molecule is CC[C@@H](C1=CC(C)C=C1)n1c(=O)c(NC)nc2ccc(-c3c(C)noc3C)nc21. The van der Waals surface area contributed by atoms with Crippen molar-refractivity contribution in [1.82, 2.24) is 19.7 Å². The topological polar surface area (TPSA) is 85.8 Å². The molecule has 4 rings (SSSR count). The lowest BCUT2D eigenvalue weighted by Crippen LogP contribution is -2.29. The third-order valence-electron chi connectivity index (χ3n) is 5.39. The Morgan fingerprint density at radius 1 is 1.28 bits per heavy atom. The smallest absolute Gasteiger partial charge is 0.295 e. The van der Waals surface area contributed by atoms with Gasteiger partial charge in [0.05, 0.1) is 23.0 Å². The van der Waals surface area contributed by atoms with E-state index >= 15 is 0 Å². The second-order valence-electron chi connectivity index (χ2n) is 7.43. The third kappa shape index (κ3) is 3.16. The fourth-order valence-corrected chi connectivity index (χ4v) is 3.99. The van der Waals surface area contributed by atoms with Gasteiger partial charge in [0, 0.05) is 7.05 Å². The van der Waals surface area contributed by atoms with Crippen molar-refractivity contribution < 1.29 is 4.52 Å². The summed E-state index contributed by atoms with van der Waals surface area (Å²) in [6, 6.07) is 3.68. The van der Waals surface area contributed by atoms with Gasteiger partial charge in [-0.15, -0.1) is 0 Å². The van der Waals surface area contributed by atoms with Gasteiger partial charge in [0.15, 0.2) is 11.5 Å². The second kappa shape index (κ2) is 7.31. The van der Waals surface area contributed by atoms with Crippen LogP contribution in [0.25, 0.3) is 22.4 Å². The predicted molar refractivity (Wildman–Crippen MR) is 114 cm³/mol. The van der Waals surface area contributed by atoms with Gasteiger partial charge in [-0.3, -0.25) is 9.36 Å². The summed E-state index contributed by atoms with van der Waals surface area (Å²) in [6.07, 6.45) is 7.22. The van der Waals surface area contributed by atoms with Gasteiger partial charge in [0.25, 0.3) is 5.56 Å². The number of pyridine rings is 1. The van der Waals surface area contributed by atoms with Crippen LogP contribution >= 0.6 is 0 Å². The Balaban J connectivity index is 2.01. The molecule has 2 atom stereocenters. The number of nitrogens with one attached hydrogen (secondary N) is 1. The van der Waals surface area contributed by atoms with Gasteiger partial charge in [0.1, 0.15) is 11.3 Å². The first kappa shape index (κ1) is 19.1. The summed E-state index contributed by atoms with van der Waals surface area (Å²) < 4.78 is 7.08. The fraction of sp³-hybridized carbons (Fsp3) is 0.364. The largest absolute Gasteiger partial charge is 0.369 e. The molecule has 0 spiro atoms. The van der Waals surface area contributed by atoms with E-state index in [9.17, 15) is 4.79 Å².